The van der Waals surface area contributed by atoms with Gasteiger partial charge in [0.05, 0.1) is 12.6 Å². The summed E-state index contributed by atoms with van der Waals surface area (Å²) >= 11 is 0. The maximum absolute atomic E-state index is 4.30. The number of nitrogens with zero attached hydrogens (tertiary/aromatic N) is 3. The van der Waals surface area contributed by atoms with Gasteiger partial charge < -0.3 is 4.57 Å². The van der Waals surface area contributed by atoms with E-state index >= 15 is 0 Å². The van der Waals surface area contributed by atoms with Crippen LogP contribution >= 0.6 is 0 Å². The first-order chi connectivity index (χ1) is 11.9. The Bertz CT molecular complexity index is 782. The van der Waals surface area contributed by atoms with Crippen LogP contribution in [-0.2, 0) is 13.0 Å². The fraction of sp³-hybridized carbons (Fsp3) is 0.571. The lowest BCUT2D eigenvalue weighted by atomic mass is 9.83. The summed E-state index contributed by atoms with van der Waals surface area (Å²) in [6.45, 7) is 5.85. The van der Waals surface area contributed by atoms with Crippen LogP contribution in [0, 0.1) is 0 Å². The van der Waals surface area contributed by atoms with E-state index in [1.807, 2.05) is 0 Å². The molecule has 0 spiro atoms. The summed E-state index contributed by atoms with van der Waals surface area (Å²) in [5, 5.41) is 8.06. The molecule has 3 heteroatoms. The van der Waals surface area contributed by atoms with Crippen LogP contribution < -0.4 is 0 Å². The van der Waals surface area contributed by atoms with Gasteiger partial charge in [-0.25, -0.2) is 0 Å². The highest BCUT2D eigenvalue weighted by atomic mass is 15.5. The second kappa shape index (κ2) is 5.65. The maximum Gasteiger partial charge on any atom is 0.0874 e. The largest absolute Gasteiger partial charge is 0.340 e. The first-order valence-corrected chi connectivity index (χ1v) is 9.75. The molecule has 2 heterocycles. The van der Waals surface area contributed by atoms with Crippen molar-refractivity contribution in [2.75, 3.05) is 6.54 Å². The summed E-state index contributed by atoms with van der Waals surface area (Å²) in [6, 6.07) is 7.82. The fourth-order valence-corrected chi connectivity index (χ4v) is 5.46. The minimum absolute atomic E-state index is 0.450. The van der Waals surface area contributed by atoms with Gasteiger partial charge in [-0.15, -0.1) is 0 Å². The average Bonchev–Trinajstić information content (AvgIpc) is 2.98. The quantitative estimate of drug-likeness (QED) is 0.713. The van der Waals surface area contributed by atoms with Gasteiger partial charge in [-0.1, -0.05) is 25.3 Å². The summed E-state index contributed by atoms with van der Waals surface area (Å²) in [7, 11) is 0. The van der Waals surface area contributed by atoms with Gasteiger partial charge in [0.1, 0.15) is 0 Å². The highest BCUT2D eigenvalue weighted by Crippen LogP contribution is 2.44. The van der Waals surface area contributed by atoms with Crippen LogP contribution in [0.25, 0.3) is 10.9 Å². The van der Waals surface area contributed by atoms with Crippen LogP contribution in [0.4, 0.5) is 0 Å². The molecule has 1 aromatic heterocycles. The molecule has 1 fully saturated rings. The molecule has 0 amide bonds. The topological polar surface area (TPSA) is 20.5 Å². The SMILES string of the molecule is C=NN1CCn2c3c(c4cc(C5CCCCC5)ccc42)CCCC31. The predicted octanol–water partition coefficient (Wildman–Crippen LogP) is 5.00. The Morgan fingerprint density at radius 2 is 1.88 bits per heavy atom. The molecule has 1 saturated carbocycles. The van der Waals surface area contributed by atoms with E-state index in [1.54, 1.807) is 11.1 Å². The second-order valence-electron chi connectivity index (χ2n) is 7.84. The summed E-state index contributed by atoms with van der Waals surface area (Å²) in [5.74, 6) is 0.790. The Kier molecular flexibility index (Phi) is 3.43. The predicted molar refractivity (Wildman–Crippen MR) is 99.7 cm³/mol. The van der Waals surface area contributed by atoms with Crippen LogP contribution in [0.15, 0.2) is 23.3 Å². The van der Waals surface area contributed by atoms with Gasteiger partial charge in [-0.05, 0) is 61.3 Å². The lowest BCUT2D eigenvalue weighted by Crippen LogP contribution is -2.36. The number of hydrazone groups is 1. The number of hydrogen-bond acceptors (Lipinski definition) is 2. The molecule has 24 heavy (non-hydrogen) atoms. The van der Waals surface area contributed by atoms with E-state index in [1.165, 1.54) is 68.0 Å². The van der Waals surface area contributed by atoms with Crippen molar-refractivity contribution < 1.29 is 0 Å². The normalized spacial score (nSPS) is 24.2. The molecule has 0 N–H and O–H groups in total. The van der Waals surface area contributed by atoms with E-state index in [9.17, 15) is 0 Å². The van der Waals surface area contributed by atoms with Gasteiger partial charge in [0.2, 0.25) is 0 Å². The molecule has 0 saturated heterocycles. The van der Waals surface area contributed by atoms with Gasteiger partial charge >= 0.3 is 0 Å². The number of benzene rings is 1. The minimum atomic E-state index is 0.450. The Labute approximate surface area is 144 Å². The van der Waals surface area contributed by atoms with Crippen LogP contribution in [0.5, 0.6) is 0 Å². The van der Waals surface area contributed by atoms with Crippen molar-refractivity contribution in [3.63, 3.8) is 0 Å². The molecule has 3 nitrogen and oxygen atoms in total. The van der Waals surface area contributed by atoms with Crippen molar-refractivity contribution in [2.45, 2.75) is 69.9 Å². The molecular weight excluding hydrogens is 294 g/mol. The van der Waals surface area contributed by atoms with Gasteiger partial charge in [0.15, 0.2) is 0 Å². The molecule has 0 radical (unpaired) electrons. The molecule has 1 aliphatic heterocycles. The maximum atomic E-state index is 4.30. The standard InChI is InChI=1S/C21H27N3/c1-22-24-13-12-23-19-11-10-16(15-6-3-2-4-7-15)14-18(19)17-8-5-9-20(24)21(17)23/h10-11,14-15,20H,1-9,12-13H2. The van der Waals surface area contributed by atoms with Crippen LogP contribution in [-0.4, -0.2) is 22.8 Å². The summed E-state index contributed by atoms with van der Waals surface area (Å²) in [4.78, 5) is 0. The number of aromatic nitrogens is 1. The number of rotatable bonds is 2. The zero-order valence-electron chi connectivity index (χ0n) is 14.5. The Morgan fingerprint density at radius 1 is 1.00 bits per heavy atom. The Hall–Kier alpha value is -1.77. The van der Waals surface area contributed by atoms with Crippen molar-refractivity contribution in [3.8, 4) is 0 Å². The Balaban J connectivity index is 1.65. The summed E-state index contributed by atoms with van der Waals surface area (Å²) < 4.78 is 2.58. The lowest BCUT2D eigenvalue weighted by Gasteiger charge is -2.37. The molecule has 0 bridgehead atoms. The van der Waals surface area contributed by atoms with Crippen LogP contribution in [0.2, 0.25) is 0 Å². The summed E-state index contributed by atoms with van der Waals surface area (Å²) in [5.41, 5.74) is 6.18. The molecule has 5 rings (SSSR count). The van der Waals surface area contributed by atoms with E-state index in [4.69, 9.17) is 0 Å². The lowest BCUT2D eigenvalue weighted by molar-refractivity contribution is 0.149. The smallest absolute Gasteiger partial charge is 0.0874 e. The van der Waals surface area contributed by atoms with Gasteiger partial charge in [-0.2, -0.15) is 5.10 Å². The monoisotopic (exact) mass is 321 g/mol. The Morgan fingerprint density at radius 3 is 2.71 bits per heavy atom. The van der Waals surface area contributed by atoms with Gasteiger partial charge in [0, 0.05) is 29.9 Å². The zero-order chi connectivity index (χ0) is 16.1. The second-order valence-corrected chi connectivity index (χ2v) is 7.84. The molecule has 1 atom stereocenters. The van der Waals surface area contributed by atoms with E-state index in [2.05, 4.69) is 39.6 Å². The third-order valence-corrected chi connectivity index (χ3v) is 6.63. The van der Waals surface area contributed by atoms with Crippen molar-refractivity contribution in [1.29, 1.82) is 0 Å². The summed E-state index contributed by atoms with van der Waals surface area (Å²) in [6.07, 6.45) is 10.7. The van der Waals surface area contributed by atoms with E-state index in [-0.39, 0.29) is 0 Å². The molecule has 2 aromatic rings. The molecule has 1 aromatic carbocycles. The third kappa shape index (κ3) is 2.06. The third-order valence-electron chi connectivity index (χ3n) is 6.63. The number of aryl methyl sites for hydroxylation is 1. The van der Waals surface area contributed by atoms with Crippen LogP contribution in [0.1, 0.15) is 73.7 Å². The van der Waals surface area contributed by atoms with Crippen molar-refractivity contribution in [2.24, 2.45) is 5.10 Å². The number of fused-ring (bicyclic) bond motifs is 3. The van der Waals surface area contributed by atoms with Crippen molar-refractivity contribution in [1.82, 2.24) is 9.58 Å². The van der Waals surface area contributed by atoms with Crippen molar-refractivity contribution in [3.05, 3.63) is 35.0 Å². The van der Waals surface area contributed by atoms with Gasteiger partial charge in [-0.3, -0.25) is 5.01 Å². The van der Waals surface area contributed by atoms with E-state index < -0.39 is 0 Å². The molecule has 2 aliphatic carbocycles. The zero-order valence-corrected chi connectivity index (χ0v) is 14.5. The first-order valence-electron chi connectivity index (χ1n) is 9.75. The molecule has 3 aliphatic rings. The van der Waals surface area contributed by atoms with Gasteiger partial charge in [0.25, 0.3) is 0 Å². The van der Waals surface area contributed by atoms with E-state index in [0.29, 0.717) is 6.04 Å². The molecule has 126 valence electrons. The average molecular weight is 321 g/mol. The number of hydrogen-bond donors (Lipinski definition) is 0. The molecular formula is C21H27N3. The van der Waals surface area contributed by atoms with Crippen LogP contribution in [0.3, 0.4) is 0 Å². The first kappa shape index (κ1) is 14.6. The highest BCUT2D eigenvalue weighted by molar-refractivity contribution is 5.87. The minimum Gasteiger partial charge on any atom is -0.340 e. The van der Waals surface area contributed by atoms with E-state index in [0.717, 1.165) is 19.0 Å². The molecule has 1 unspecified atom stereocenters. The highest BCUT2D eigenvalue weighted by Gasteiger charge is 2.34. The fourth-order valence-electron chi connectivity index (χ4n) is 5.46. The van der Waals surface area contributed by atoms with Crippen molar-refractivity contribution >= 4 is 17.6 Å².